The van der Waals surface area contributed by atoms with Gasteiger partial charge in [0.1, 0.15) is 5.75 Å². The molecule has 0 radical (unpaired) electrons. The molecule has 1 atom stereocenters. The van der Waals surface area contributed by atoms with E-state index in [0.29, 0.717) is 32.1 Å². The summed E-state index contributed by atoms with van der Waals surface area (Å²) in [4.78, 5) is 6.47. The topological polar surface area (TPSA) is 83.0 Å². The molecule has 1 saturated heterocycles. The number of aryl methyl sites for hydroxylation is 1. The van der Waals surface area contributed by atoms with Crippen LogP contribution in [-0.2, 0) is 16.4 Å². The van der Waals surface area contributed by atoms with Crippen molar-refractivity contribution in [3.8, 4) is 5.75 Å². The summed E-state index contributed by atoms with van der Waals surface area (Å²) in [5.41, 5.74) is 2.27. The highest BCUT2D eigenvalue weighted by molar-refractivity contribution is 7.91. The molecule has 0 spiro atoms. The molecule has 2 rings (SSSR count). The standard InChI is InChI=1S/C22H38N4O3S/c1-17(2)14-19(4)29-21-15-18(3)6-7-20(21)16-25-22(23-5)24-8-9-26-10-12-30(27,28)13-11-26/h6-7,15,17,19H,8-14,16H2,1-5H3,(H2,23,24,25). The van der Waals surface area contributed by atoms with Crippen LogP contribution in [0.1, 0.15) is 38.3 Å². The van der Waals surface area contributed by atoms with Crippen LogP contribution in [0.5, 0.6) is 5.75 Å². The lowest BCUT2D eigenvalue weighted by molar-refractivity contribution is 0.191. The second kappa shape index (κ2) is 11.6. The number of nitrogens with one attached hydrogen (secondary N) is 2. The van der Waals surface area contributed by atoms with Gasteiger partial charge in [-0.1, -0.05) is 26.0 Å². The summed E-state index contributed by atoms with van der Waals surface area (Å²) in [7, 11) is -1.08. The Bertz CT molecular complexity index is 795. The molecule has 1 aliphatic rings. The Morgan fingerprint density at radius 1 is 1.20 bits per heavy atom. The van der Waals surface area contributed by atoms with Crippen molar-refractivity contribution in [3.63, 3.8) is 0 Å². The zero-order valence-electron chi connectivity index (χ0n) is 19.1. The first kappa shape index (κ1) is 24.5. The quantitative estimate of drug-likeness (QED) is 0.454. The minimum Gasteiger partial charge on any atom is -0.490 e. The molecule has 170 valence electrons. The predicted molar refractivity (Wildman–Crippen MR) is 124 cm³/mol. The van der Waals surface area contributed by atoms with Crippen molar-refractivity contribution in [3.05, 3.63) is 29.3 Å². The lowest BCUT2D eigenvalue weighted by Crippen LogP contribution is -2.45. The number of hydrogen-bond acceptors (Lipinski definition) is 5. The average Bonchev–Trinajstić information content (AvgIpc) is 2.66. The van der Waals surface area contributed by atoms with E-state index in [1.54, 1.807) is 7.05 Å². The first-order chi connectivity index (χ1) is 14.2. The van der Waals surface area contributed by atoms with Gasteiger partial charge in [-0.2, -0.15) is 0 Å². The van der Waals surface area contributed by atoms with E-state index >= 15 is 0 Å². The molecule has 30 heavy (non-hydrogen) atoms. The zero-order chi connectivity index (χ0) is 22.1. The van der Waals surface area contributed by atoms with Gasteiger partial charge < -0.3 is 15.4 Å². The Labute approximate surface area is 182 Å². The summed E-state index contributed by atoms with van der Waals surface area (Å²) in [5.74, 6) is 2.74. The highest BCUT2D eigenvalue weighted by atomic mass is 32.2. The van der Waals surface area contributed by atoms with Gasteiger partial charge in [0.05, 0.1) is 17.6 Å². The van der Waals surface area contributed by atoms with Crippen LogP contribution >= 0.6 is 0 Å². The highest BCUT2D eigenvalue weighted by Crippen LogP contribution is 2.23. The molecule has 7 nitrogen and oxygen atoms in total. The fraction of sp³-hybridized carbons (Fsp3) is 0.682. The third-order valence-electron chi connectivity index (χ3n) is 5.18. The minimum atomic E-state index is -2.83. The smallest absolute Gasteiger partial charge is 0.191 e. The molecule has 1 fully saturated rings. The maximum absolute atomic E-state index is 11.5. The molecule has 0 amide bonds. The fourth-order valence-electron chi connectivity index (χ4n) is 3.55. The largest absolute Gasteiger partial charge is 0.490 e. The van der Waals surface area contributed by atoms with Crippen molar-refractivity contribution in [2.75, 3.05) is 44.7 Å². The van der Waals surface area contributed by atoms with Crippen LogP contribution in [0.25, 0.3) is 0 Å². The molecule has 0 bridgehead atoms. The maximum atomic E-state index is 11.5. The van der Waals surface area contributed by atoms with Gasteiger partial charge in [0.25, 0.3) is 0 Å². The van der Waals surface area contributed by atoms with Gasteiger partial charge in [0.15, 0.2) is 15.8 Å². The van der Waals surface area contributed by atoms with Crippen molar-refractivity contribution in [2.24, 2.45) is 10.9 Å². The number of ether oxygens (including phenoxy) is 1. The van der Waals surface area contributed by atoms with Crippen molar-refractivity contribution in [1.82, 2.24) is 15.5 Å². The van der Waals surface area contributed by atoms with Crippen LogP contribution < -0.4 is 15.4 Å². The van der Waals surface area contributed by atoms with Gasteiger partial charge in [0.2, 0.25) is 0 Å². The lowest BCUT2D eigenvalue weighted by Gasteiger charge is -2.26. The van der Waals surface area contributed by atoms with Gasteiger partial charge in [-0.3, -0.25) is 9.89 Å². The van der Waals surface area contributed by atoms with Gasteiger partial charge in [-0.15, -0.1) is 0 Å². The molecule has 8 heteroatoms. The number of guanidine groups is 1. The average molecular weight is 439 g/mol. The molecule has 2 N–H and O–H groups in total. The molecule has 1 heterocycles. The van der Waals surface area contributed by atoms with Gasteiger partial charge in [-0.05, 0) is 37.8 Å². The minimum absolute atomic E-state index is 0.163. The number of hydrogen-bond donors (Lipinski definition) is 2. The molecule has 0 aromatic heterocycles. The molecule has 0 aliphatic carbocycles. The zero-order valence-corrected chi connectivity index (χ0v) is 19.9. The van der Waals surface area contributed by atoms with Crippen LogP contribution in [0.15, 0.2) is 23.2 Å². The summed E-state index contributed by atoms with van der Waals surface area (Å²) in [6.07, 6.45) is 1.18. The Kier molecular flexibility index (Phi) is 9.42. The third kappa shape index (κ3) is 8.52. The molecular formula is C22H38N4O3S. The molecule has 1 aromatic carbocycles. The first-order valence-corrected chi connectivity index (χ1v) is 12.6. The van der Waals surface area contributed by atoms with Gasteiger partial charge >= 0.3 is 0 Å². The summed E-state index contributed by atoms with van der Waals surface area (Å²) in [6, 6.07) is 6.28. The maximum Gasteiger partial charge on any atom is 0.191 e. The van der Waals surface area contributed by atoms with Crippen LogP contribution in [-0.4, -0.2) is 70.1 Å². The Morgan fingerprint density at radius 3 is 2.53 bits per heavy atom. The van der Waals surface area contributed by atoms with E-state index in [0.717, 1.165) is 30.2 Å². The fourth-order valence-corrected chi connectivity index (χ4v) is 4.83. The first-order valence-electron chi connectivity index (χ1n) is 10.8. The summed E-state index contributed by atoms with van der Waals surface area (Å²) < 4.78 is 29.3. The van der Waals surface area contributed by atoms with Crippen molar-refractivity contribution >= 4 is 15.8 Å². The van der Waals surface area contributed by atoms with E-state index in [1.807, 2.05) is 0 Å². The lowest BCUT2D eigenvalue weighted by atomic mass is 10.1. The Hall–Kier alpha value is -1.80. The third-order valence-corrected chi connectivity index (χ3v) is 6.79. The second-order valence-corrected chi connectivity index (χ2v) is 10.8. The normalized spacial score (nSPS) is 18.3. The number of nitrogens with zero attached hydrogens (tertiary/aromatic N) is 2. The van der Waals surface area contributed by atoms with Crippen molar-refractivity contribution in [1.29, 1.82) is 0 Å². The number of benzene rings is 1. The second-order valence-electron chi connectivity index (χ2n) is 8.52. The monoisotopic (exact) mass is 438 g/mol. The Balaban J connectivity index is 1.84. The molecule has 1 aromatic rings. The number of sulfone groups is 1. The number of rotatable bonds is 9. The van der Waals surface area contributed by atoms with E-state index in [9.17, 15) is 8.42 Å². The molecular weight excluding hydrogens is 400 g/mol. The number of aliphatic imine (C=N–C) groups is 1. The van der Waals surface area contributed by atoms with E-state index in [4.69, 9.17) is 4.74 Å². The van der Waals surface area contributed by atoms with Gasteiger partial charge in [0, 0.05) is 45.3 Å². The van der Waals surface area contributed by atoms with E-state index in [-0.39, 0.29) is 17.6 Å². The van der Waals surface area contributed by atoms with Gasteiger partial charge in [-0.25, -0.2) is 8.42 Å². The van der Waals surface area contributed by atoms with Crippen molar-refractivity contribution < 1.29 is 13.2 Å². The Morgan fingerprint density at radius 2 is 1.90 bits per heavy atom. The van der Waals surface area contributed by atoms with Crippen LogP contribution in [0.2, 0.25) is 0 Å². The summed E-state index contributed by atoms with van der Waals surface area (Å²) in [6.45, 7) is 11.9. The molecule has 1 aliphatic heterocycles. The SMILES string of the molecule is CN=C(NCCN1CCS(=O)(=O)CC1)NCc1ccc(C)cc1OC(C)CC(C)C. The highest BCUT2D eigenvalue weighted by Gasteiger charge is 2.21. The summed E-state index contributed by atoms with van der Waals surface area (Å²) in [5, 5.41) is 6.67. The van der Waals surface area contributed by atoms with E-state index in [1.165, 1.54) is 5.56 Å². The van der Waals surface area contributed by atoms with Crippen molar-refractivity contribution in [2.45, 2.75) is 46.8 Å². The van der Waals surface area contributed by atoms with Crippen LogP contribution in [0.4, 0.5) is 0 Å². The molecule has 1 unspecified atom stereocenters. The van der Waals surface area contributed by atoms with Crippen LogP contribution in [0.3, 0.4) is 0 Å². The van der Waals surface area contributed by atoms with Crippen LogP contribution in [0, 0.1) is 12.8 Å². The predicted octanol–water partition coefficient (Wildman–Crippen LogP) is 2.20. The van der Waals surface area contributed by atoms with E-state index < -0.39 is 9.84 Å². The molecule has 0 saturated carbocycles. The van der Waals surface area contributed by atoms with E-state index in [2.05, 4.69) is 66.4 Å². The summed E-state index contributed by atoms with van der Waals surface area (Å²) >= 11 is 0.